The molecule has 0 saturated carbocycles. The highest BCUT2D eigenvalue weighted by atomic mass is 19.4. The van der Waals surface area contributed by atoms with Crippen molar-refractivity contribution >= 4 is 5.97 Å². The average Bonchev–Trinajstić information content (AvgIpc) is 1.98. The van der Waals surface area contributed by atoms with Gasteiger partial charge in [0.2, 0.25) is 0 Å². The summed E-state index contributed by atoms with van der Waals surface area (Å²) in [5, 5.41) is 9.47. The van der Waals surface area contributed by atoms with Gasteiger partial charge < -0.3 is 9.90 Å². The van der Waals surface area contributed by atoms with Crippen LogP contribution in [0.5, 0.6) is 0 Å². The first-order chi connectivity index (χ1) is 7.15. The van der Waals surface area contributed by atoms with Gasteiger partial charge in [-0.3, -0.25) is 0 Å². The van der Waals surface area contributed by atoms with Crippen molar-refractivity contribution in [1.29, 1.82) is 0 Å². The molecule has 0 aromatic heterocycles. The van der Waals surface area contributed by atoms with Crippen molar-refractivity contribution in [2.75, 3.05) is 0 Å². The van der Waals surface area contributed by atoms with Crippen molar-refractivity contribution in [1.82, 2.24) is 0 Å². The van der Waals surface area contributed by atoms with Gasteiger partial charge in [0.1, 0.15) is 5.97 Å². The van der Waals surface area contributed by atoms with Crippen LogP contribution < -0.4 is 5.11 Å². The Kier molecular flexibility index (Phi) is 3.65. The molecule has 0 aromatic carbocycles. The Balaban J connectivity index is 5.37. The van der Waals surface area contributed by atoms with Crippen LogP contribution in [0, 0.1) is 0 Å². The highest BCUT2D eigenvalue weighted by molar-refractivity contribution is 5.74. The number of halogens is 9. The van der Waals surface area contributed by atoms with Gasteiger partial charge in [-0.25, -0.2) is 4.74 Å². The van der Waals surface area contributed by atoms with Crippen LogP contribution in [0.2, 0.25) is 0 Å². The zero-order valence-electron chi connectivity index (χ0n) is 7.13. The minimum absolute atomic E-state index is 1.47. The van der Waals surface area contributed by atoms with Crippen LogP contribution in [0.15, 0.2) is 0 Å². The number of alkyl halides is 9. The molecule has 0 saturated heterocycles. The molecule has 0 amide bonds. The smallest absolute Gasteiger partial charge is 0.527 e. The average molecular weight is 279 g/mol. The molecular weight excluding hydrogens is 279 g/mol. The molecule has 0 aliphatic rings. The van der Waals surface area contributed by atoms with Crippen LogP contribution >= 0.6 is 0 Å². The quantitative estimate of drug-likeness (QED) is 0.725. The van der Waals surface area contributed by atoms with Crippen molar-refractivity contribution in [2.24, 2.45) is 0 Å². The number of hydrogen-bond acceptors (Lipinski definition) is 3. The van der Waals surface area contributed by atoms with Gasteiger partial charge in [-0.2, -0.15) is 26.3 Å². The number of rotatable bonds is 4. The molecule has 0 rings (SSSR count). The zero-order chi connectivity index (χ0) is 14.3. The van der Waals surface area contributed by atoms with E-state index >= 15 is 0 Å². The fraction of sp³-hybridized carbons (Fsp3) is 0.800. The lowest BCUT2D eigenvalue weighted by Gasteiger charge is -2.32. The second kappa shape index (κ2) is 3.92. The monoisotopic (exact) mass is 279 g/mol. The maximum absolute atomic E-state index is 12.2. The van der Waals surface area contributed by atoms with E-state index in [9.17, 15) is 49.4 Å². The number of carbonyl (C=O) groups excluding carboxylic acids is 1. The Bertz CT molecular complexity index is 306. The largest absolute Gasteiger partial charge is 0.544 e. The van der Waals surface area contributed by atoms with Gasteiger partial charge in [-0.05, 0) is 0 Å². The van der Waals surface area contributed by atoms with Gasteiger partial charge in [0, 0.05) is 0 Å². The molecule has 102 valence electrons. The van der Waals surface area contributed by atoms with Gasteiger partial charge in [0.05, 0.1) is 0 Å². The van der Waals surface area contributed by atoms with E-state index in [1.807, 2.05) is 0 Å². The predicted molar refractivity (Wildman–Crippen MR) is 27.0 cm³/mol. The van der Waals surface area contributed by atoms with E-state index in [2.05, 4.69) is 0 Å². The highest BCUT2D eigenvalue weighted by Gasteiger charge is 2.76. The first-order valence-electron chi connectivity index (χ1n) is 3.27. The van der Waals surface area contributed by atoms with Gasteiger partial charge in [-0.1, -0.05) is 0 Å². The number of aliphatic carboxylic acids is 1. The van der Waals surface area contributed by atoms with Crippen molar-refractivity contribution in [2.45, 2.75) is 24.3 Å². The van der Waals surface area contributed by atoms with E-state index in [4.69, 9.17) is 0 Å². The molecular formula is C5F9O3-. The molecule has 12 heteroatoms. The van der Waals surface area contributed by atoms with Crippen LogP contribution in [0.3, 0.4) is 0 Å². The fourth-order valence-corrected chi connectivity index (χ4v) is 0.520. The van der Waals surface area contributed by atoms with Crippen LogP contribution in [-0.4, -0.2) is 30.3 Å². The Labute approximate surface area is 85.8 Å². The molecule has 0 radical (unpaired) electrons. The summed E-state index contributed by atoms with van der Waals surface area (Å²) in [4.78, 5) is 9.47. The molecule has 17 heavy (non-hydrogen) atoms. The van der Waals surface area contributed by atoms with Crippen LogP contribution in [0.1, 0.15) is 0 Å². The summed E-state index contributed by atoms with van der Waals surface area (Å²) in [5.74, 6) is -17.5. The number of hydrogen-bond donors (Lipinski definition) is 0. The highest BCUT2D eigenvalue weighted by Crippen LogP contribution is 2.48. The molecule has 0 fully saturated rings. The van der Waals surface area contributed by atoms with Crippen LogP contribution in [-0.2, 0) is 9.53 Å². The summed E-state index contributed by atoms with van der Waals surface area (Å²) >= 11 is 0. The lowest BCUT2D eigenvalue weighted by molar-refractivity contribution is -0.486. The summed E-state index contributed by atoms with van der Waals surface area (Å²) in [6.07, 6.45) is -13.2. The van der Waals surface area contributed by atoms with Gasteiger partial charge in [-0.15, -0.1) is 13.2 Å². The molecule has 0 aliphatic heterocycles. The normalized spacial score (nSPS) is 14.9. The predicted octanol–water partition coefficient (Wildman–Crippen LogP) is 1.14. The zero-order valence-corrected chi connectivity index (χ0v) is 7.13. The summed E-state index contributed by atoms with van der Waals surface area (Å²) in [7, 11) is 0. The Morgan fingerprint density at radius 1 is 0.882 bits per heavy atom. The molecule has 0 atom stereocenters. The lowest BCUT2D eigenvalue weighted by atomic mass is 10.1. The van der Waals surface area contributed by atoms with E-state index in [1.54, 1.807) is 0 Å². The fourth-order valence-electron chi connectivity index (χ4n) is 0.520. The molecule has 0 aliphatic carbocycles. The summed E-state index contributed by atoms with van der Waals surface area (Å²) < 4.78 is 108. The van der Waals surface area contributed by atoms with Crippen molar-refractivity contribution in [3.05, 3.63) is 0 Å². The van der Waals surface area contributed by atoms with E-state index < -0.39 is 30.3 Å². The molecule has 0 bridgehead atoms. The number of ether oxygens (including phenoxy) is 1. The topological polar surface area (TPSA) is 49.4 Å². The molecule has 3 nitrogen and oxygen atoms in total. The molecule has 0 spiro atoms. The third kappa shape index (κ3) is 2.92. The van der Waals surface area contributed by atoms with E-state index in [0.29, 0.717) is 0 Å². The van der Waals surface area contributed by atoms with Crippen molar-refractivity contribution in [3.63, 3.8) is 0 Å². The minimum atomic E-state index is -6.95. The van der Waals surface area contributed by atoms with Gasteiger partial charge in [0.15, 0.2) is 0 Å². The molecule has 0 heterocycles. The maximum Gasteiger partial charge on any atom is 0.527 e. The van der Waals surface area contributed by atoms with Gasteiger partial charge >= 0.3 is 24.3 Å². The van der Waals surface area contributed by atoms with Crippen molar-refractivity contribution in [3.8, 4) is 0 Å². The summed E-state index contributed by atoms with van der Waals surface area (Å²) in [6.45, 7) is 0. The maximum atomic E-state index is 12.2. The number of carbonyl (C=O) groups is 1. The van der Waals surface area contributed by atoms with Gasteiger partial charge in [0.25, 0.3) is 0 Å². The molecule has 0 unspecified atom stereocenters. The van der Waals surface area contributed by atoms with E-state index in [-0.39, 0.29) is 0 Å². The number of carboxylic acid groups (broad SMARTS) is 1. The third-order valence-electron chi connectivity index (χ3n) is 1.26. The standard InChI is InChI=1S/C5HF9O3/c6-2(7,1(15)16)3(8,9)4(10,11)17-5(12,13)14/h(H,15,16)/p-1. The van der Waals surface area contributed by atoms with Crippen molar-refractivity contribution < 1.29 is 54.2 Å². The van der Waals surface area contributed by atoms with E-state index in [1.165, 1.54) is 4.74 Å². The molecule has 0 aromatic rings. The second-order valence-corrected chi connectivity index (χ2v) is 2.50. The first kappa shape index (κ1) is 15.8. The molecule has 0 N–H and O–H groups in total. The Hall–Kier alpha value is -1.20. The third-order valence-corrected chi connectivity index (χ3v) is 1.26. The Morgan fingerprint density at radius 2 is 1.24 bits per heavy atom. The summed E-state index contributed by atoms with van der Waals surface area (Å²) in [6, 6.07) is 0. The van der Waals surface area contributed by atoms with Crippen LogP contribution in [0.25, 0.3) is 0 Å². The summed E-state index contributed by atoms with van der Waals surface area (Å²) in [5.41, 5.74) is 0. The lowest BCUT2D eigenvalue weighted by Crippen LogP contribution is -2.63. The Morgan fingerprint density at radius 3 is 1.47 bits per heavy atom. The SMILES string of the molecule is O=C([O-])C(F)(F)C(F)(F)C(F)(F)OC(F)(F)F. The second-order valence-electron chi connectivity index (χ2n) is 2.50. The minimum Gasteiger partial charge on any atom is -0.544 e. The van der Waals surface area contributed by atoms with E-state index in [0.717, 1.165) is 0 Å². The van der Waals surface area contributed by atoms with Crippen LogP contribution in [0.4, 0.5) is 39.5 Å². The first-order valence-corrected chi connectivity index (χ1v) is 3.27. The number of carboxylic acids is 1.